The van der Waals surface area contributed by atoms with Crippen molar-refractivity contribution in [3.8, 4) is 50.2 Å². The smallest absolute Gasteiger partial charge is 0.0726 e. The first kappa shape index (κ1) is 37.4. The zero-order valence-electron chi connectivity index (χ0n) is 37.0. The Kier molecular flexibility index (Phi) is 7.79. The highest BCUT2D eigenvalue weighted by molar-refractivity contribution is 6.10. The summed E-state index contributed by atoms with van der Waals surface area (Å²) < 4.78 is 2.52. The number of rotatable bonds is 5. The lowest BCUT2D eigenvalue weighted by atomic mass is 9.69. The van der Waals surface area contributed by atoms with E-state index in [1.54, 1.807) is 0 Å². The molecule has 0 aliphatic heterocycles. The van der Waals surface area contributed by atoms with Crippen molar-refractivity contribution in [2.45, 2.75) is 30.6 Å². The third kappa shape index (κ3) is 4.95. The van der Waals surface area contributed by atoms with Crippen molar-refractivity contribution in [3.63, 3.8) is 0 Å². The van der Waals surface area contributed by atoms with Gasteiger partial charge in [-0.25, -0.2) is 0 Å². The molecule has 1 nitrogen and oxygen atoms in total. The zero-order chi connectivity index (χ0) is 43.7. The maximum atomic E-state index is 2.60. The van der Waals surface area contributed by atoms with Crippen LogP contribution >= 0.6 is 0 Å². The predicted molar refractivity (Wildman–Crippen MR) is 274 cm³/mol. The lowest BCUT2D eigenvalue weighted by Crippen LogP contribution is -2.26. The Hall–Kier alpha value is -8.00. The highest BCUT2D eigenvalue weighted by atomic mass is 15.0. The summed E-state index contributed by atoms with van der Waals surface area (Å²) in [5.74, 6) is -0.0191. The molecule has 1 atom stereocenters. The van der Waals surface area contributed by atoms with Crippen molar-refractivity contribution in [3.05, 3.63) is 281 Å². The van der Waals surface area contributed by atoms with Crippen LogP contribution in [0.1, 0.15) is 69.8 Å². The normalized spacial score (nSPS) is 14.7. The number of fused-ring (bicyclic) bond motifs is 16. The van der Waals surface area contributed by atoms with Gasteiger partial charge in [-0.15, -0.1) is 0 Å². The summed E-state index contributed by atoms with van der Waals surface area (Å²) in [6.45, 7) is 4.79. The SMILES string of the molecule is CC1(C)c2ccccc2-c2ccc(C(c3ccc(-c4ccccc4)cc3)c3ccc4c(c3)C3(c5ccccc5-c5ccccc53)c3cccc(-n5c6ccccc6c6ccccc65)c3-4)cc21. The van der Waals surface area contributed by atoms with Crippen LogP contribution < -0.4 is 0 Å². The van der Waals surface area contributed by atoms with Gasteiger partial charge in [0.2, 0.25) is 0 Å². The molecule has 3 aliphatic carbocycles. The molecule has 1 heterocycles. The van der Waals surface area contributed by atoms with Gasteiger partial charge < -0.3 is 4.57 Å². The van der Waals surface area contributed by atoms with Crippen LogP contribution in [-0.4, -0.2) is 4.57 Å². The highest BCUT2D eigenvalue weighted by Gasteiger charge is 2.52. The van der Waals surface area contributed by atoms with Crippen LogP contribution in [0.2, 0.25) is 0 Å². The molecule has 66 heavy (non-hydrogen) atoms. The van der Waals surface area contributed by atoms with Crippen LogP contribution in [0.25, 0.3) is 72.0 Å². The number of para-hydroxylation sites is 2. The first-order chi connectivity index (χ1) is 32.5. The lowest BCUT2D eigenvalue weighted by molar-refractivity contribution is 0.659. The van der Waals surface area contributed by atoms with Crippen molar-refractivity contribution < 1.29 is 0 Å². The van der Waals surface area contributed by atoms with E-state index in [-0.39, 0.29) is 11.3 Å². The maximum Gasteiger partial charge on any atom is 0.0726 e. The third-order valence-corrected chi connectivity index (χ3v) is 15.6. The lowest BCUT2D eigenvalue weighted by Gasteiger charge is -2.31. The molecular weight excluding hydrogens is 795 g/mol. The molecule has 10 aromatic carbocycles. The first-order valence-corrected chi connectivity index (χ1v) is 23.4. The topological polar surface area (TPSA) is 4.93 Å². The second-order valence-corrected chi connectivity index (χ2v) is 19.1. The Morgan fingerprint density at radius 3 is 1.45 bits per heavy atom. The minimum Gasteiger partial charge on any atom is -0.309 e. The number of aromatic nitrogens is 1. The molecule has 0 radical (unpaired) electrons. The number of nitrogens with zero attached hydrogens (tertiary/aromatic N) is 1. The van der Waals surface area contributed by atoms with E-state index in [2.05, 4.69) is 249 Å². The molecule has 0 fully saturated rings. The van der Waals surface area contributed by atoms with Gasteiger partial charge in [-0.05, 0) is 107 Å². The molecule has 1 spiro atoms. The minimum atomic E-state index is -0.522. The maximum absolute atomic E-state index is 2.60. The summed E-state index contributed by atoms with van der Waals surface area (Å²) in [6, 6.07) is 87.2. The van der Waals surface area contributed by atoms with E-state index in [4.69, 9.17) is 0 Å². The highest BCUT2D eigenvalue weighted by Crippen LogP contribution is 2.64. The van der Waals surface area contributed by atoms with Crippen LogP contribution in [0, 0.1) is 0 Å². The Bertz CT molecular complexity index is 3690. The quantitative estimate of drug-likeness (QED) is 0.152. The fourth-order valence-corrected chi connectivity index (χ4v) is 12.7. The Morgan fingerprint density at radius 2 is 0.803 bits per heavy atom. The molecule has 310 valence electrons. The van der Waals surface area contributed by atoms with Crippen molar-refractivity contribution in [1.82, 2.24) is 4.57 Å². The molecule has 0 amide bonds. The van der Waals surface area contributed by atoms with Crippen LogP contribution in [0.5, 0.6) is 0 Å². The largest absolute Gasteiger partial charge is 0.309 e. The predicted octanol–water partition coefficient (Wildman–Crippen LogP) is 16.3. The monoisotopic (exact) mass is 839 g/mol. The van der Waals surface area contributed by atoms with Crippen molar-refractivity contribution in [2.24, 2.45) is 0 Å². The summed E-state index contributed by atoms with van der Waals surface area (Å²) in [7, 11) is 0. The summed E-state index contributed by atoms with van der Waals surface area (Å²) in [5.41, 5.74) is 25.5. The Morgan fingerprint density at radius 1 is 0.333 bits per heavy atom. The average molecular weight is 840 g/mol. The average Bonchev–Trinajstić information content (AvgIpc) is 4.05. The fourth-order valence-electron chi connectivity index (χ4n) is 12.7. The Balaban J connectivity index is 1.05. The molecule has 14 rings (SSSR count). The van der Waals surface area contributed by atoms with Gasteiger partial charge in [0, 0.05) is 27.7 Å². The second kappa shape index (κ2) is 13.8. The Labute approximate surface area is 385 Å². The number of hydrogen-bond acceptors (Lipinski definition) is 0. The van der Waals surface area contributed by atoms with Gasteiger partial charge in [-0.2, -0.15) is 0 Å². The third-order valence-electron chi connectivity index (χ3n) is 15.6. The van der Waals surface area contributed by atoms with Gasteiger partial charge in [0.05, 0.1) is 22.1 Å². The minimum absolute atomic E-state index is 0.0191. The van der Waals surface area contributed by atoms with Gasteiger partial charge in [0.25, 0.3) is 0 Å². The molecule has 0 saturated heterocycles. The summed E-state index contributed by atoms with van der Waals surface area (Å²) in [4.78, 5) is 0. The number of benzene rings is 10. The molecule has 0 bridgehead atoms. The van der Waals surface area contributed by atoms with Crippen LogP contribution in [0.4, 0.5) is 0 Å². The first-order valence-electron chi connectivity index (χ1n) is 23.4. The standard InChI is InChI=1S/C65H45N/c1-64(2)53-24-11-6-19-46(53)49-37-35-44(39-57(49)64)62(43-33-31-42(32-34-43)41-17-4-3-5-18-41)45-36-38-52-58(40-45)65(54-25-12-7-20-47(54)48-21-8-13-26-55(48)65)56-27-16-30-61(63(52)56)66-59-28-14-9-22-50(59)51-23-10-15-29-60(51)66/h3-40,62H,1-2H3. The fraction of sp³-hybridized carbons (Fsp3) is 0.0769. The summed E-state index contributed by atoms with van der Waals surface area (Å²) in [5, 5.41) is 2.54. The van der Waals surface area contributed by atoms with E-state index in [9.17, 15) is 0 Å². The molecule has 1 aromatic heterocycles. The van der Waals surface area contributed by atoms with Crippen LogP contribution in [0.3, 0.4) is 0 Å². The molecule has 0 saturated carbocycles. The van der Waals surface area contributed by atoms with Gasteiger partial charge in [0.15, 0.2) is 0 Å². The van der Waals surface area contributed by atoms with Crippen molar-refractivity contribution in [1.29, 1.82) is 0 Å². The van der Waals surface area contributed by atoms with Gasteiger partial charge >= 0.3 is 0 Å². The molecule has 1 unspecified atom stereocenters. The van der Waals surface area contributed by atoms with Crippen molar-refractivity contribution >= 4 is 21.8 Å². The summed E-state index contributed by atoms with van der Waals surface area (Å²) >= 11 is 0. The molecule has 3 aliphatic rings. The molecule has 0 N–H and O–H groups in total. The number of hydrogen-bond donors (Lipinski definition) is 0. The van der Waals surface area contributed by atoms with E-state index < -0.39 is 5.41 Å². The summed E-state index contributed by atoms with van der Waals surface area (Å²) in [6.07, 6.45) is 0. The molecular formula is C65H45N. The van der Waals surface area contributed by atoms with E-state index in [0.717, 1.165) is 0 Å². The van der Waals surface area contributed by atoms with Gasteiger partial charge in [-0.1, -0.05) is 226 Å². The van der Waals surface area contributed by atoms with Crippen molar-refractivity contribution in [2.75, 3.05) is 0 Å². The van der Waals surface area contributed by atoms with Gasteiger partial charge in [-0.3, -0.25) is 0 Å². The van der Waals surface area contributed by atoms with E-state index in [0.29, 0.717) is 0 Å². The van der Waals surface area contributed by atoms with Gasteiger partial charge in [0.1, 0.15) is 0 Å². The van der Waals surface area contributed by atoms with Crippen LogP contribution in [-0.2, 0) is 10.8 Å². The zero-order valence-corrected chi connectivity index (χ0v) is 37.0. The second-order valence-electron chi connectivity index (χ2n) is 19.1. The molecule has 11 aromatic rings. The van der Waals surface area contributed by atoms with Crippen LogP contribution in [0.15, 0.2) is 231 Å². The van der Waals surface area contributed by atoms with E-state index >= 15 is 0 Å². The van der Waals surface area contributed by atoms with E-state index in [1.165, 1.54) is 122 Å². The van der Waals surface area contributed by atoms with E-state index in [1.807, 2.05) is 0 Å². The molecule has 1 heteroatoms.